The van der Waals surface area contributed by atoms with Gasteiger partial charge in [-0.3, -0.25) is 4.79 Å². The molecule has 0 spiro atoms. The molecule has 6 nitrogen and oxygen atoms in total. The summed E-state index contributed by atoms with van der Waals surface area (Å²) in [5, 5.41) is 24.7. The highest BCUT2D eigenvalue weighted by Gasteiger charge is 2.32. The molecule has 4 aromatic rings. The van der Waals surface area contributed by atoms with Crippen molar-refractivity contribution in [2.75, 3.05) is 13.1 Å². The summed E-state index contributed by atoms with van der Waals surface area (Å²) in [6.45, 7) is 3.01. The molecule has 37 heavy (non-hydrogen) atoms. The number of aromatic nitrogens is 1. The van der Waals surface area contributed by atoms with Crippen LogP contribution < -0.4 is 0 Å². The Morgan fingerprint density at radius 1 is 0.973 bits per heavy atom. The number of amides is 1. The first-order chi connectivity index (χ1) is 18.0. The lowest BCUT2D eigenvalue weighted by molar-refractivity contribution is -0.898. The van der Waals surface area contributed by atoms with E-state index in [1.807, 2.05) is 91.9 Å². The molecule has 0 N–H and O–H groups in total. The molecular weight excluding hydrogens is 460 g/mol. The molecule has 2 heterocycles. The second-order valence-electron chi connectivity index (χ2n) is 9.78. The number of likely N-dealkylation sites (tertiary alicyclic amines) is 1. The van der Waals surface area contributed by atoms with Gasteiger partial charge in [0.05, 0.1) is 35.9 Å². The average molecular weight is 491 g/mol. The SMILES string of the molecule is CC(c1ccccc1)N(C#N)C(=O)c1c(C[N+]2([O-])CCCCC2)c(-c2ccccc2)nc2ccccc12. The Balaban J connectivity index is 1.73. The molecule has 6 heteroatoms. The number of carbonyl (C=O) groups is 1. The highest BCUT2D eigenvalue weighted by atomic mass is 16.5. The number of hydrogen-bond donors (Lipinski definition) is 0. The van der Waals surface area contributed by atoms with Gasteiger partial charge in [-0.05, 0) is 37.8 Å². The van der Waals surface area contributed by atoms with E-state index >= 15 is 0 Å². The smallest absolute Gasteiger partial charge is 0.268 e. The quantitative estimate of drug-likeness (QED) is 0.132. The van der Waals surface area contributed by atoms with Gasteiger partial charge in [0.1, 0.15) is 6.54 Å². The Bertz CT molecular complexity index is 1440. The van der Waals surface area contributed by atoms with Crippen molar-refractivity contribution < 1.29 is 9.44 Å². The number of rotatable bonds is 6. The summed E-state index contributed by atoms with van der Waals surface area (Å²) in [5.74, 6) is -0.409. The van der Waals surface area contributed by atoms with Gasteiger partial charge in [-0.25, -0.2) is 9.88 Å². The summed E-state index contributed by atoms with van der Waals surface area (Å²) in [7, 11) is 0. The van der Waals surface area contributed by atoms with Crippen molar-refractivity contribution in [2.45, 2.75) is 38.8 Å². The standard InChI is InChI=1S/C31H30N4O2/c1-23(24-13-5-2-6-14-24)34(22-32)31(36)29-26-17-9-10-18-28(26)33-30(25-15-7-3-8-16-25)27(29)21-35(37)19-11-4-12-20-35/h2-3,5-10,13-18,23H,4,11-12,19-21H2,1H3. The van der Waals surface area contributed by atoms with Gasteiger partial charge in [-0.1, -0.05) is 78.9 Å². The molecule has 5 rings (SSSR count). The van der Waals surface area contributed by atoms with E-state index in [0.29, 0.717) is 40.8 Å². The van der Waals surface area contributed by atoms with Crippen LogP contribution in [0.2, 0.25) is 0 Å². The number of benzene rings is 3. The van der Waals surface area contributed by atoms with Crippen molar-refractivity contribution >= 4 is 16.8 Å². The molecule has 0 bridgehead atoms. The summed E-state index contributed by atoms with van der Waals surface area (Å²) in [5.41, 5.74) is 4.02. The first-order valence-corrected chi connectivity index (χ1v) is 12.8. The van der Waals surface area contributed by atoms with E-state index in [2.05, 4.69) is 6.19 Å². The van der Waals surface area contributed by atoms with Crippen LogP contribution >= 0.6 is 0 Å². The van der Waals surface area contributed by atoms with Crippen molar-refractivity contribution in [3.8, 4) is 17.5 Å². The second-order valence-corrected chi connectivity index (χ2v) is 9.78. The van der Waals surface area contributed by atoms with E-state index < -0.39 is 11.9 Å². The summed E-state index contributed by atoms with van der Waals surface area (Å²) in [6.07, 6.45) is 4.92. The first kappa shape index (κ1) is 24.6. The number of carbonyl (C=O) groups excluding carboxylic acids is 1. The maximum absolute atomic E-state index is 14.3. The molecule has 1 aliphatic heterocycles. The Kier molecular flexibility index (Phi) is 7.00. The molecule has 1 saturated heterocycles. The van der Waals surface area contributed by atoms with Gasteiger partial charge in [0.25, 0.3) is 5.91 Å². The molecular formula is C31H30N4O2. The van der Waals surface area contributed by atoms with Gasteiger partial charge in [-0.2, -0.15) is 5.26 Å². The number of quaternary nitrogens is 1. The zero-order chi connectivity index (χ0) is 25.8. The summed E-state index contributed by atoms with van der Waals surface area (Å²) in [6, 6.07) is 26.3. The van der Waals surface area contributed by atoms with E-state index in [4.69, 9.17) is 4.98 Å². The maximum atomic E-state index is 14.3. The summed E-state index contributed by atoms with van der Waals surface area (Å²) < 4.78 is -0.388. The molecule has 1 unspecified atom stereocenters. The van der Waals surface area contributed by atoms with Gasteiger partial charge in [-0.15, -0.1) is 0 Å². The molecule has 1 atom stereocenters. The number of pyridine rings is 1. The minimum absolute atomic E-state index is 0.141. The van der Waals surface area contributed by atoms with Crippen LogP contribution in [0.4, 0.5) is 0 Å². The number of hydroxylamine groups is 3. The third-order valence-electron chi connectivity index (χ3n) is 7.33. The number of nitrogens with zero attached hydrogens (tertiary/aromatic N) is 4. The molecule has 186 valence electrons. The van der Waals surface area contributed by atoms with Crippen LogP contribution in [0.15, 0.2) is 84.9 Å². The number of hydrogen-bond acceptors (Lipinski definition) is 4. The highest BCUT2D eigenvalue weighted by Crippen LogP contribution is 2.35. The predicted molar refractivity (Wildman–Crippen MR) is 145 cm³/mol. The van der Waals surface area contributed by atoms with Gasteiger partial charge >= 0.3 is 0 Å². The first-order valence-electron chi connectivity index (χ1n) is 12.8. The van der Waals surface area contributed by atoms with Crippen LogP contribution in [0.5, 0.6) is 0 Å². The number of nitriles is 1. The molecule has 1 fully saturated rings. The molecule has 0 saturated carbocycles. The number of para-hydroxylation sites is 1. The molecule has 0 radical (unpaired) electrons. The third kappa shape index (κ3) is 4.97. The lowest BCUT2D eigenvalue weighted by Crippen LogP contribution is -2.46. The number of fused-ring (bicyclic) bond motifs is 1. The van der Waals surface area contributed by atoms with E-state index in [1.54, 1.807) is 0 Å². The summed E-state index contributed by atoms with van der Waals surface area (Å²) >= 11 is 0. The molecule has 1 amide bonds. The van der Waals surface area contributed by atoms with Gasteiger partial charge in [0, 0.05) is 16.5 Å². The lowest BCUT2D eigenvalue weighted by Gasteiger charge is -2.46. The molecule has 3 aromatic carbocycles. The van der Waals surface area contributed by atoms with Crippen molar-refractivity contribution in [2.24, 2.45) is 0 Å². The molecule has 1 aliphatic rings. The predicted octanol–water partition coefficient (Wildman–Crippen LogP) is 6.58. The maximum Gasteiger partial charge on any atom is 0.268 e. The van der Waals surface area contributed by atoms with Crippen molar-refractivity contribution in [3.05, 3.63) is 107 Å². The van der Waals surface area contributed by atoms with Gasteiger partial charge < -0.3 is 9.85 Å². The lowest BCUT2D eigenvalue weighted by atomic mass is 9.94. The Morgan fingerprint density at radius 2 is 1.59 bits per heavy atom. The van der Waals surface area contributed by atoms with Crippen molar-refractivity contribution in [1.82, 2.24) is 9.88 Å². The Labute approximate surface area is 217 Å². The minimum atomic E-state index is -0.468. The second kappa shape index (κ2) is 10.5. The highest BCUT2D eigenvalue weighted by molar-refractivity contribution is 6.09. The van der Waals surface area contributed by atoms with Crippen molar-refractivity contribution in [3.63, 3.8) is 0 Å². The zero-order valence-corrected chi connectivity index (χ0v) is 21.0. The fraction of sp³-hybridized carbons (Fsp3) is 0.258. The van der Waals surface area contributed by atoms with Crippen LogP contribution in [-0.2, 0) is 6.54 Å². The van der Waals surface area contributed by atoms with Gasteiger partial charge in [0.2, 0.25) is 0 Å². The number of piperidine rings is 1. The van der Waals surface area contributed by atoms with E-state index in [0.717, 1.165) is 30.4 Å². The third-order valence-corrected chi connectivity index (χ3v) is 7.33. The van der Waals surface area contributed by atoms with Crippen LogP contribution in [0.25, 0.3) is 22.2 Å². The van der Waals surface area contributed by atoms with E-state index in [1.165, 1.54) is 4.90 Å². The topological polar surface area (TPSA) is 80.0 Å². The van der Waals surface area contributed by atoms with Crippen molar-refractivity contribution in [1.29, 1.82) is 5.26 Å². The average Bonchev–Trinajstić information content (AvgIpc) is 2.94. The van der Waals surface area contributed by atoms with Gasteiger partial charge in [0.15, 0.2) is 6.19 Å². The van der Waals surface area contributed by atoms with Crippen LogP contribution in [-0.4, -0.2) is 33.5 Å². The molecule has 0 aliphatic carbocycles. The van der Waals surface area contributed by atoms with Crippen LogP contribution in [0, 0.1) is 16.7 Å². The fourth-order valence-corrected chi connectivity index (χ4v) is 5.33. The van der Waals surface area contributed by atoms with E-state index in [-0.39, 0.29) is 11.2 Å². The Hall–Kier alpha value is -4.05. The minimum Gasteiger partial charge on any atom is -0.633 e. The molecule has 1 aromatic heterocycles. The fourth-order valence-electron chi connectivity index (χ4n) is 5.33. The van der Waals surface area contributed by atoms with E-state index in [9.17, 15) is 15.3 Å². The van der Waals surface area contributed by atoms with Crippen LogP contribution in [0.3, 0.4) is 0 Å². The Morgan fingerprint density at radius 3 is 2.27 bits per heavy atom. The normalized spacial score (nSPS) is 15.6. The largest absolute Gasteiger partial charge is 0.633 e. The zero-order valence-electron chi connectivity index (χ0n) is 21.0. The monoisotopic (exact) mass is 490 g/mol. The van der Waals surface area contributed by atoms with Crippen LogP contribution in [0.1, 0.15) is 53.7 Å². The summed E-state index contributed by atoms with van der Waals surface area (Å²) in [4.78, 5) is 20.5.